The minimum absolute atomic E-state index is 0.0269. The smallest absolute Gasteiger partial charge is 0.294 e. The molecule has 3 rings (SSSR count). The minimum Gasteiger partial charge on any atom is -0.294 e. The highest BCUT2D eigenvalue weighted by Gasteiger charge is 2.32. The number of fused-ring (bicyclic) bond motifs is 1. The van der Waals surface area contributed by atoms with Crippen molar-refractivity contribution in [2.75, 3.05) is 5.75 Å². The van der Waals surface area contributed by atoms with E-state index >= 15 is 0 Å². The second-order valence-corrected chi connectivity index (χ2v) is 7.81. The number of hydrogen-bond acceptors (Lipinski definition) is 3. The number of benzene rings is 1. The molecule has 0 fully saturated rings. The van der Waals surface area contributed by atoms with Crippen LogP contribution in [0.4, 0.5) is 26.3 Å². The first-order valence-corrected chi connectivity index (χ1v) is 9.47. The van der Waals surface area contributed by atoms with Gasteiger partial charge in [-0.05, 0) is 41.8 Å². The maximum Gasteiger partial charge on any atom is 0.446 e. The highest BCUT2D eigenvalue weighted by atomic mass is 32.2. The van der Waals surface area contributed by atoms with Crippen molar-refractivity contribution in [1.29, 1.82) is 0 Å². The van der Waals surface area contributed by atoms with Crippen LogP contribution in [0.3, 0.4) is 0 Å². The van der Waals surface area contributed by atoms with Crippen LogP contribution in [0, 0.1) is 0 Å². The zero-order chi connectivity index (χ0) is 19.8. The Balaban J connectivity index is 2.06. The van der Waals surface area contributed by atoms with Gasteiger partial charge in [-0.1, -0.05) is 19.1 Å². The lowest BCUT2D eigenvalue weighted by atomic mass is 10.2. The number of thioether (sulfide) groups is 2. The molecule has 0 aliphatic heterocycles. The van der Waals surface area contributed by atoms with Crippen molar-refractivity contribution in [1.82, 2.24) is 9.38 Å². The van der Waals surface area contributed by atoms with E-state index in [1.54, 1.807) is 0 Å². The van der Waals surface area contributed by atoms with Gasteiger partial charge in [0, 0.05) is 16.7 Å². The van der Waals surface area contributed by atoms with E-state index < -0.39 is 17.2 Å². The Hall–Kier alpha value is -1.81. The quantitative estimate of drug-likeness (QED) is 0.342. The Morgan fingerprint density at radius 3 is 2.19 bits per heavy atom. The van der Waals surface area contributed by atoms with Crippen molar-refractivity contribution in [2.24, 2.45) is 0 Å². The molecule has 0 unspecified atom stereocenters. The maximum absolute atomic E-state index is 13.0. The molecule has 10 heteroatoms. The van der Waals surface area contributed by atoms with Gasteiger partial charge in [-0.2, -0.15) is 26.3 Å². The average Bonchev–Trinajstić information content (AvgIpc) is 2.92. The van der Waals surface area contributed by atoms with Gasteiger partial charge < -0.3 is 0 Å². The molecular weight excluding hydrogens is 410 g/mol. The van der Waals surface area contributed by atoms with Crippen LogP contribution in [0.1, 0.15) is 12.5 Å². The number of rotatable bonds is 4. The number of alkyl halides is 6. The van der Waals surface area contributed by atoms with Gasteiger partial charge in [0.25, 0.3) is 0 Å². The molecule has 2 aromatic heterocycles. The molecule has 2 heterocycles. The van der Waals surface area contributed by atoms with E-state index in [0.29, 0.717) is 27.7 Å². The van der Waals surface area contributed by atoms with E-state index in [9.17, 15) is 26.3 Å². The molecule has 0 atom stereocenters. The van der Waals surface area contributed by atoms with Crippen LogP contribution >= 0.6 is 23.5 Å². The van der Waals surface area contributed by atoms with Crippen LogP contribution in [-0.4, -0.2) is 20.6 Å². The average molecular weight is 422 g/mol. The van der Waals surface area contributed by atoms with E-state index in [0.717, 1.165) is 12.3 Å². The normalized spacial score (nSPS) is 12.7. The lowest BCUT2D eigenvalue weighted by Gasteiger charge is -2.09. The van der Waals surface area contributed by atoms with Gasteiger partial charge in [-0.25, -0.2) is 4.98 Å². The van der Waals surface area contributed by atoms with Crippen LogP contribution in [0.2, 0.25) is 0 Å². The topological polar surface area (TPSA) is 17.3 Å². The monoisotopic (exact) mass is 422 g/mol. The summed E-state index contributed by atoms with van der Waals surface area (Å²) in [6.07, 6.45) is -3.50. The van der Waals surface area contributed by atoms with Gasteiger partial charge in [0.15, 0.2) is 0 Å². The zero-order valence-electron chi connectivity index (χ0n) is 13.7. The lowest BCUT2D eigenvalue weighted by Crippen LogP contribution is -2.06. The third-order valence-corrected chi connectivity index (χ3v) is 5.24. The molecule has 0 aliphatic carbocycles. The fourth-order valence-electron chi connectivity index (χ4n) is 2.47. The van der Waals surface area contributed by atoms with Crippen LogP contribution in [-0.2, 0) is 6.18 Å². The van der Waals surface area contributed by atoms with Gasteiger partial charge in [0.2, 0.25) is 0 Å². The largest absolute Gasteiger partial charge is 0.446 e. The standard InChI is InChI=1S/C17H12F6N2S2/c1-2-26-15-14(10-3-6-12(7-4-10)27-17(21,22)23)24-13-8-5-11(9-25(13)15)16(18,19)20/h3-9H,2H2,1H3. The molecular formula is C17H12F6N2S2. The van der Waals surface area contributed by atoms with Crippen LogP contribution in [0.5, 0.6) is 0 Å². The Morgan fingerprint density at radius 1 is 0.963 bits per heavy atom. The zero-order valence-corrected chi connectivity index (χ0v) is 15.4. The summed E-state index contributed by atoms with van der Waals surface area (Å²) in [5.41, 5.74) is -3.88. The third-order valence-electron chi connectivity index (χ3n) is 3.54. The second kappa shape index (κ2) is 7.31. The van der Waals surface area contributed by atoms with E-state index in [-0.39, 0.29) is 16.7 Å². The minimum atomic E-state index is -4.48. The van der Waals surface area contributed by atoms with Crippen LogP contribution in [0.25, 0.3) is 16.9 Å². The number of halogens is 6. The molecule has 1 aromatic carbocycles. The molecule has 0 spiro atoms. The first-order chi connectivity index (χ1) is 12.6. The molecule has 0 amide bonds. The van der Waals surface area contributed by atoms with Crippen molar-refractivity contribution in [3.8, 4) is 11.3 Å². The Bertz CT molecular complexity index is 945. The molecule has 2 nitrogen and oxygen atoms in total. The van der Waals surface area contributed by atoms with Gasteiger partial charge in [-0.3, -0.25) is 4.40 Å². The number of hydrogen-bond donors (Lipinski definition) is 0. The fraction of sp³-hybridized carbons (Fsp3) is 0.235. The Labute approximate surface area is 159 Å². The molecule has 3 aromatic rings. The van der Waals surface area contributed by atoms with Gasteiger partial charge in [0.1, 0.15) is 16.4 Å². The Morgan fingerprint density at radius 2 is 1.63 bits per heavy atom. The maximum atomic E-state index is 13.0. The first-order valence-electron chi connectivity index (χ1n) is 7.67. The van der Waals surface area contributed by atoms with E-state index in [2.05, 4.69) is 4.98 Å². The summed E-state index contributed by atoms with van der Waals surface area (Å²) >= 11 is 1.09. The summed E-state index contributed by atoms with van der Waals surface area (Å²) < 4.78 is 77.8. The molecule has 0 bridgehead atoms. The molecule has 0 radical (unpaired) electrons. The van der Waals surface area contributed by atoms with Crippen molar-refractivity contribution in [3.05, 3.63) is 48.2 Å². The summed E-state index contributed by atoms with van der Waals surface area (Å²) in [5.74, 6) is 0.596. The van der Waals surface area contributed by atoms with Gasteiger partial charge in [0.05, 0.1) is 5.56 Å². The first kappa shape index (κ1) is 19.9. The molecule has 144 valence electrons. The van der Waals surface area contributed by atoms with E-state index in [4.69, 9.17) is 0 Å². The SMILES string of the molecule is CCSc1c(-c2ccc(SC(F)(F)F)cc2)nc2ccc(C(F)(F)F)cn12. The third kappa shape index (κ3) is 4.55. The van der Waals surface area contributed by atoms with E-state index in [1.165, 1.54) is 46.5 Å². The second-order valence-electron chi connectivity index (χ2n) is 5.41. The molecule has 27 heavy (non-hydrogen) atoms. The molecule has 0 saturated heterocycles. The lowest BCUT2D eigenvalue weighted by molar-refractivity contribution is -0.137. The summed E-state index contributed by atoms with van der Waals surface area (Å²) in [4.78, 5) is 4.40. The van der Waals surface area contributed by atoms with Crippen LogP contribution < -0.4 is 0 Å². The molecule has 0 saturated carbocycles. The van der Waals surface area contributed by atoms with Crippen molar-refractivity contribution >= 4 is 29.2 Å². The van der Waals surface area contributed by atoms with Crippen LogP contribution in [0.15, 0.2) is 52.5 Å². The number of aromatic nitrogens is 2. The summed E-state index contributed by atoms with van der Waals surface area (Å²) in [5, 5.41) is 0.509. The van der Waals surface area contributed by atoms with Crippen molar-refractivity contribution in [3.63, 3.8) is 0 Å². The highest BCUT2D eigenvalue weighted by Crippen LogP contribution is 2.39. The summed E-state index contributed by atoms with van der Waals surface area (Å²) in [7, 11) is 0. The highest BCUT2D eigenvalue weighted by molar-refractivity contribution is 8.00. The van der Waals surface area contributed by atoms with E-state index in [1.807, 2.05) is 6.92 Å². The van der Waals surface area contributed by atoms with Crippen molar-refractivity contribution < 1.29 is 26.3 Å². The number of nitrogens with zero attached hydrogens (tertiary/aromatic N) is 2. The predicted molar refractivity (Wildman–Crippen MR) is 93.9 cm³/mol. The predicted octanol–water partition coefficient (Wildman–Crippen LogP) is 6.74. The Kier molecular flexibility index (Phi) is 5.40. The summed E-state index contributed by atoms with van der Waals surface area (Å²) in [6, 6.07) is 7.84. The van der Waals surface area contributed by atoms with Gasteiger partial charge >= 0.3 is 11.7 Å². The number of pyridine rings is 1. The van der Waals surface area contributed by atoms with Gasteiger partial charge in [-0.15, -0.1) is 11.8 Å². The fourth-order valence-corrected chi connectivity index (χ4v) is 3.87. The summed E-state index contributed by atoms with van der Waals surface area (Å²) in [6.45, 7) is 1.85. The molecule has 0 aliphatic rings. The molecule has 0 N–H and O–H groups in total. The number of imidazole rings is 1. The van der Waals surface area contributed by atoms with Crippen molar-refractivity contribution in [2.45, 2.75) is 28.5 Å².